The molecule has 1 atom stereocenters. The van der Waals surface area contributed by atoms with Crippen molar-refractivity contribution in [1.82, 2.24) is 35.0 Å². The van der Waals surface area contributed by atoms with Crippen LogP contribution < -0.4 is 11.1 Å². The molecule has 0 radical (unpaired) electrons. The molecule has 3 N–H and O–H groups in total. The van der Waals surface area contributed by atoms with Gasteiger partial charge in [0.2, 0.25) is 0 Å². The van der Waals surface area contributed by atoms with Crippen molar-refractivity contribution in [3.8, 4) is 23.1 Å². The molecule has 6 rings (SSSR count). The molecular formula is C31H24N8O. The van der Waals surface area contributed by atoms with Crippen LogP contribution in [0.5, 0.6) is 0 Å². The third-order valence-electron chi connectivity index (χ3n) is 6.55. The van der Waals surface area contributed by atoms with Gasteiger partial charge in [-0.3, -0.25) is 19.4 Å². The van der Waals surface area contributed by atoms with E-state index in [4.69, 9.17) is 10.7 Å². The predicted molar refractivity (Wildman–Crippen MR) is 154 cm³/mol. The molecule has 9 nitrogen and oxygen atoms in total. The number of carbonyl (C=O) groups excluding carboxylic acids is 1. The van der Waals surface area contributed by atoms with E-state index in [2.05, 4.69) is 37.2 Å². The highest BCUT2D eigenvalue weighted by Gasteiger charge is 2.22. The Morgan fingerprint density at radius 1 is 0.975 bits per heavy atom. The Morgan fingerprint density at radius 2 is 1.82 bits per heavy atom. The van der Waals surface area contributed by atoms with Gasteiger partial charge in [0.15, 0.2) is 0 Å². The topological polar surface area (TPSA) is 125 Å². The quantitative estimate of drug-likeness (QED) is 0.327. The molecule has 0 saturated heterocycles. The Labute approximate surface area is 230 Å². The zero-order valence-electron chi connectivity index (χ0n) is 21.8. The van der Waals surface area contributed by atoms with Crippen LogP contribution in [0.3, 0.4) is 0 Å². The van der Waals surface area contributed by atoms with E-state index in [1.807, 2.05) is 68.7 Å². The van der Waals surface area contributed by atoms with E-state index < -0.39 is 6.04 Å². The fourth-order valence-corrected chi connectivity index (χ4v) is 4.59. The first kappa shape index (κ1) is 24.7. The number of benzene rings is 1. The van der Waals surface area contributed by atoms with E-state index >= 15 is 0 Å². The van der Waals surface area contributed by atoms with E-state index in [0.717, 1.165) is 33.3 Å². The highest BCUT2D eigenvalue weighted by atomic mass is 16.1. The van der Waals surface area contributed by atoms with Crippen molar-refractivity contribution in [1.29, 1.82) is 0 Å². The Morgan fingerprint density at radius 3 is 2.62 bits per heavy atom. The number of amides is 1. The minimum Gasteiger partial charge on any atom is -0.383 e. The normalized spacial score (nSPS) is 11.7. The van der Waals surface area contributed by atoms with Gasteiger partial charge in [-0.05, 0) is 31.2 Å². The van der Waals surface area contributed by atoms with E-state index in [1.165, 1.54) is 0 Å². The molecule has 194 valence electrons. The fourth-order valence-electron chi connectivity index (χ4n) is 4.59. The van der Waals surface area contributed by atoms with Crippen molar-refractivity contribution in [2.75, 3.05) is 5.73 Å². The van der Waals surface area contributed by atoms with Gasteiger partial charge < -0.3 is 11.1 Å². The van der Waals surface area contributed by atoms with Crippen LogP contribution >= 0.6 is 0 Å². The van der Waals surface area contributed by atoms with Crippen molar-refractivity contribution in [3.63, 3.8) is 0 Å². The fraction of sp³-hybridized carbons (Fsp3) is 0.0968. The van der Waals surface area contributed by atoms with Gasteiger partial charge in [0.25, 0.3) is 5.91 Å². The van der Waals surface area contributed by atoms with Gasteiger partial charge in [0, 0.05) is 48.3 Å². The molecule has 0 saturated carbocycles. The van der Waals surface area contributed by atoms with Gasteiger partial charge in [-0.25, -0.2) is 9.97 Å². The minimum atomic E-state index is -0.440. The number of pyridine rings is 4. The smallest absolute Gasteiger partial charge is 0.257 e. The highest BCUT2D eigenvalue weighted by Crippen LogP contribution is 2.31. The molecule has 0 spiro atoms. The van der Waals surface area contributed by atoms with Crippen LogP contribution in [0.25, 0.3) is 33.2 Å². The van der Waals surface area contributed by atoms with Crippen LogP contribution in [0.4, 0.5) is 5.82 Å². The molecule has 5 aromatic heterocycles. The number of anilines is 1. The molecule has 5 heterocycles. The predicted octanol–water partition coefficient (Wildman–Crippen LogP) is 4.45. The molecule has 40 heavy (non-hydrogen) atoms. The standard InChI is InChI=1S/C31H24N8O/c1-19(37-31(40)26-29-23(9-6-13-34-29)17-35-30(26)32)24-15-25-28(38-27(24)21-7-4-3-5-8-21)22(12-14-33-25)11-10-20-16-36-39(2)18-20/h3-9,12-19H,1-2H3,(H2,32,35)(H,37,40). The molecule has 0 aliphatic carbocycles. The summed E-state index contributed by atoms with van der Waals surface area (Å²) in [5.74, 6) is 6.12. The maximum Gasteiger partial charge on any atom is 0.257 e. The second-order valence-electron chi connectivity index (χ2n) is 9.33. The number of nitrogens with two attached hydrogens (primary N) is 1. The summed E-state index contributed by atoms with van der Waals surface area (Å²) in [5.41, 5.74) is 12.2. The summed E-state index contributed by atoms with van der Waals surface area (Å²) in [6.07, 6.45) is 8.52. The lowest BCUT2D eigenvalue weighted by Gasteiger charge is -2.19. The average Bonchev–Trinajstić information content (AvgIpc) is 3.40. The average molecular weight is 525 g/mol. The number of nitrogens with zero attached hydrogens (tertiary/aromatic N) is 6. The van der Waals surface area contributed by atoms with Crippen molar-refractivity contribution >= 4 is 33.7 Å². The van der Waals surface area contributed by atoms with Gasteiger partial charge in [-0.15, -0.1) is 0 Å². The maximum atomic E-state index is 13.5. The summed E-state index contributed by atoms with van der Waals surface area (Å²) in [6, 6.07) is 16.8. The first-order chi connectivity index (χ1) is 19.5. The SMILES string of the molecule is CC(NC(=O)c1c(N)ncc2cccnc12)c1cc2nccc(C#Cc3cnn(C)c3)c2nc1-c1ccccc1. The maximum absolute atomic E-state index is 13.5. The van der Waals surface area contributed by atoms with Gasteiger partial charge in [0.1, 0.15) is 16.9 Å². The summed E-state index contributed by atoms with van der Waals surface area (Å²) in [6.45, 7) is 1.90. The van der Waals surface area contributed by atoms with Crippen LogP contribution in [0.2, 0.25) is 0 Å². The Bertz CT molecular complexity index is 1950. The number of rotatable bonds is 4. The third-order valence-corrected chi connectivity index (χ3v) is 6.55. The second kappa shape index (κ2) is 10.3. The summed E-state index contributed by atoms with van der Waals surface area (Å²) in [5, 5.41) is 7.99. The number of hydrogen-bond acceptors (Lipinski definition) is 7. The van der Waals surface area contributed by atoms with E-state index in [-0.39, 0.29) is 17.3 Å². The third kappa shape index (κ3) is 4.70. The Balaban J connectivity index is 1.44. The van der Waals surface area contributed by atoms with Crippen LogP contribution in [0.1, 0.15) is 40.0 Å². The molecule has 0 fully saturated rings. The van der Waals surface area contributed by atoms with Crippen molar-refractivity contribution in [2.45, 2.75) is 13.0 Å². The summed E-state index contributed by atoms with van der Waals surface area (Å²) >= 11 is 0. The number of nitrogen functional groups attached to an aromatic ring is 1. The van der Waals surface area contributed by atoms with E-state index in [0.29, 0.717) is 16.6 Å². The number of hydrogen-bond donors (Lipinski definition) is 2. The van der Waals surface area contributed by atoms with Gasteiger partial charge in [-0.1, -0.05) is 42.2 Å². The van der Waals surface area contributed by atoms with Crippen molar-refractivity contribution < 1.29 is 4.79 Å². The number of carbonyl (C=O) groups is 1. The molecular weight excluding hydrogens is 500 g/mol. The minimum absolute atomic E-state index is 0.120. The van der Waals surface area contributed by atoms with Crippen molar-refractivity contribution in [3.05, 3.63) is 108 Å². The van der Waals surface area contributed by atoms with Crippen LogP contribution in [-0.4, -0.2) is 35.6 Å². The van der Waals surface area contributed by atoms with Crippen LogP contribution in [-0.2, 0) is 7.05 Å². The molecule has 1 unspecified atom stereocenters. The Hall–Kier alpha value is -5.62. The number of aromatic nitrogens is 6. The number of nitrogens with one attached hydrogen (secondary N) is 1. The lowest BCUT2D eigenvalue weighted by molar-refractivity contribution is 0.0942. The summed E-state index contributed by atoms with van der Waals surface area (Å²) in [4.78, 5) is 31.7. The van der Waals surface area contributed by atoms with E-state index in [1.54, 1.807) is 35.5 Å². The zero-order chi connectivity index (χ0) is 27.6. The molecule has 1 aromatic carbocycles. The van der Waals surface area contributed by atoms with Crippen molar-refractivity contribution in [2.24, 2.45) is 7.05 Å². The lowest BCUT2D eigenvalue weighted by Crippen LogP contribution is -2.28. The van der Waals surface area contributed by atoms with Crippen LogP contribution in [0, 0.1) is 11.8 Å². The molecule has 0 bridgehead atoms. The molecule has 6 aromatic rings. The molecule has 0 aliphatic rings. The molecule has 0 aliphatic heterocycles. The molecule has 9 heteroatoms. The zero-order valence-corrected chi connectivity index (χ0v) is 21.8. The van der Waals surface area contributed by atoms with Gasteiger partial charge in [0.05, 0.1) is 40.1 Å². The largest absolute Gasteiger partial charge is 0.383 e. The monoisotopic (exact) mass is 524 g/mol. The summed E-state index contributed by atoms with van der Waals surface area (Å²) < 4.78 is 1.71. The van der Waals surface area contributed by atoms with Gasteiger partial charge in [-0.2, -0.15) is 5.10 Å². The second-order valence-corrected chi connectivity index (χ2v) is 9.33. The Kier molecular flexibility index (Phi) is 6.34. The first-order valence-corrected chi connectivity index (χ1v) is 12.6. The molecule has 1 amide bonds. The van der Waals surface area contributed by atoms with Crippen LogP contribution in [0.15, 0.2) is 85.6 Å². The summed E-state index contributed by atoms with van der Waals surface area (Å²) in [7, 11) is 1.85. The first-order valence-electron chi connectivity index (χ1n) is 12.6. The lowest BCUT2D eigenvalue weighted by atomic mass is 9.98. The highest BCUT2D eigenvalue weighted by molar-refractivity contribution is 6.09. The number of aryl methyl sites for hydroxylation is 1. The number of fused-ring (bicyclic) bond motifs is 2. The van der Waals surface area contributed by atoms with E-state index in [9.17, 15) is 4.79 Å². The van der Waals surface area contributed by atoms with Gasteiger partial charge >= 0.3 is 0 Å².